The van der Waals surface area contributed by atoms with Gasteiger partial charge in [-0.15, -0.1) is 0 Å². The van der Waals surface area contributed by atoms with Crippen LogP contribution in [0.5, 0.6) is 0 Å². The average Bonchev–Trinajstić information content (AvgIpc) is 3.46. The molecule has 0 aromatic carbocycles. The fourth-order valence-corrected chi connectivity index (χ4v) is 10.2. The van der Waals surface area contributed by atoms with E-state index in [1.54, 1.807) is 0 Å². The van der Waals surface area contributed by atoms with Gasteiger partial charge in [-0.1, -0.05) is 325 Å². The molecule has 0 heterocycles. The van der Waals surface area contributed by atoms with Crippen LogP contribution < -0.4 is 0 Å². The highest BCUT2D eigenvalue weighted by Gasteiger charge is 2.19. The molecule has 0 aliphatic rings. The van der Waals surface area contributed by atoms with Crippen molar-refractivity contribution in [3.05, 3.63) is 72.9 Å². The third kappa shape index (κ3) is 65.7. The van der Waals surface area contributed by atoms with Crippen molar-refractivity contribution in [2.75, 3.05) is 13.2 Å². The van der Waals surface area contributed by atoms with Crippen molar-refractivity contribution in [1.29, 1.82) is 0 Å². The standard InChI is InChI=1S/C74H132O6/c1-4-7-10-13-16-19-22-25-28-30-32-34-35-36-37-38-39-41-42-44-46-49-52-55-58-61-64-67-73(76)79-70-71(69-78-72(75)66-63-60-57-54-51-48-27-24-21-18-15-12-9-6-3)80-74(77)68-65-62-59-56-53-50-47-45-43-40-33-31-29-26-23-20-17-14-11-8-5-2/h8,11,17,20,26,29-30,32-33,40,45,47,71H,4-7,9-10,12-16,18-19,21-25,27-28,31,34-39,41-44,46,48-70H2,1-3H3/b11-8-,20-17-,29-26-,32-30-,40-33-,47-45-. The molecule has 0 radical (unpaired) electrons. The van der Waals surface area contributed by atoms with E-state index >= 15 is 0 Å². The van der Waals surface area contributed by atoms with Gasteiger partial charge in [-0.25, -0.2) is 0 Å². The lowest BCUT2D eigenvalue weighted by Crippen LogP contribution is -2.30. The van der Waals surface area contributed by atoms with Crippen LogP contribution in [0.25, 0.3) is 0 Å². The fraction of sp³-hybridized carbons (Fsp3) is 0.797. The number of hydrogen-bond donors (Lipinski definition) is 0. The topological polar surface area (TPSA) is 78.9 Å². The van der Waals surface area contributed by atoms with Crippen LogP contribution in [0.4, 0.5) is 0 Å². The summed E-state index contributed by atoms with van der Waals surface area (Å²) < 4.78 is 17.0. The second-order valence-electron chi connectivity index (χ2n) is 23.4. The largest absolute Gasteiger partial charge is 0.462 e. The normalized spacial score (nSPS) is 12.5. The van der Waals surface area contributed by atoms with E-state index in [-0.39, 0.29) is 31.1 Å². The van der Waals surface area contributed by atoms with E-state index in [1.165, 1.54) is 212 Å². The number of unbranched alkanes of at least 4 members (excludes halogenated alkanes) is 41. The highest BCUT2D eigenvalue weighted by atomic mass is 16.6. The second kappa shape index (κ2) is 68.3. The Bertz CT molecular complexity index is 1470. The summed E-state index contributed by atoms with van der Waals surface area (Å²) in [5.74, 6) is -0.877. The SMILES string of the molecule is CC/C=C\C/C=C\C/C=C\C/C=C\C/C=C\CCCCCCCC(=O)OC(COC(=O)CCCCCCCCCCCCCCCC)COC(=O)CCCCCCCCCCCCCCCCC/C=C\CCCCCCCCCC. The summed E-state index contributed by atoms with van der Waals surface area (Å²) in [7, 11) is 0. The first-order valence-electron chi connectivity index (χ1n) is 34.9. The molecule has 0 amide bonds. The molecule has 80 heavy (non-hydrogen) atoms. The van der Waals surface area contributed by atoms with Crippen LogP contribution in [0.2, 0.25) is 0 Å². The maximum atomic E-state index is 12.9. The van der Waals surface area contributed by atoms with E-state index in [0.29, 0.717) is 19.3 Å². The van der Waals surface area contributed by atoms with Gasteiger partial charge < -0.3 is 14.2 Å². The van der Waals surface area contributed by atoms with Crippen LogP contribution in [-0.4, -0.2) is 37.2 Å². The van der Waals surface area contributed by atoms with Gasteiger partial charge in [0.05, 0.1) is 0 Å². The zero-order chi connectivity index (χ0) is 57.8. The van der Waals surface area contributed by atoms with Crippen LogP contribution in [-0.2, 0) is 28.6 Å². The first-order valence-corrected chi connectivity index (χ1v) is 34.9. The molecule has 0 aromatic rings. The maximum Gasteiger partial charge on any atom is 0.306 e. The van der Waals surface area contributed by atoms with Gasteiger partial charge in [-0.3, -0.25) is 14.4 Å². The van der Waals surface area contributed by atoms with Crippen molar-refractivity contribution < 1.29 is 28.6 Å². The summed E-state index contributed by atoms with van der Waals surface area (Å²) in [4.78, 5) is 38.4. The molecule has 0 saturated heterocycles. The van der Waals surface area contributed by atoms with Gasteiger partial charge >= 0.3 is 17.9 Å². The van der Waals surface area contributed by atoms with Gasteiger partial charge in [0.15, 0.2) is 6.10 Å². The second-order valence-corrected chi connectivity index (χ2v) is 23.4. The summed E-state index contributed by atoms with van der Waals surface area (Å²) in [5.41, 5.74) is 0. The first kappa shape index (κ1) is 76.9. The number of esters is 3. The Hall–Kier alpha value is -3.15. The zero-order valence-electron chi connectivity index (χ0n) is 53.3. The highest BCUT2D eigenvalue weighted by molar-refractivity contribution is 5.71. The van der Waals surface area contributed by atoms with E-state index in [2.05, 4.69) is 93.7 Å². The molecule has 6 nitrogen and oxygen atoms in total. The molecule has 0 fully saturated rings. The molecule has 0 aliphatic heterocycles. The molecule has 1 unspecified atom stereocenters. The molecule has 0 aromatic heterocycles. The van der Waals surface area contributed by atoms with Crippen molar-refractivity contribution >= 4 is 17.9 Å². The molecular formula is C74H132O6. The summed E-state index contributed by atoms with van der Waals surface area (Å²) in [6.07, 6.45) is 89.3. The summed E-state index contributed by atoms with van der Waals surface area (Å²) in [6, 6.07) is 0. The Kier molecular flexibility index (Phi) is 65.7. The Balaban J connectivity index is 4.29. The van der Waals surface area contributed by atoms with E-state index in [9.17, 15) is 14.4 Å². The number of ether oxygens (including phenoxy) is 3. The Morgan fingerprint density at radius 3 is 0.775 bits per heavy atom. The number of hydrogen-bond acceptors (Lipinski definition) is 6. The molecule has 1 atom stereocenters. The van der Waals surface area contributed by atoms with Gasteiger partial charge in [0.1, 0.15) is 13.2 Å². The lowest BCUT2D eigenvalue weighted by molar-refractivity contribution is -0.167. The van der Waals surface area contributed by atoms with Crippen LogP contribution >= 0.6 is 0 Å². The Labute approximate surface area is 497 Å². The van der Waals surface area contributed by atoms with E-state index in [0.717, 1.165) is 109 Å². The molecule has 0 aliphatic carbocycles. The number of allylic oxidation sites excluding steroid dienone is 12. The van der Waals surface area contributed by atoms with Crippen LogP contribution in [0.1, 0.15) is 361 Å². The smallest absolute Gasteiger partial charge is 0.306 e. The fourth-order valence-electron chi connectivity index (χ4n) is 10.2. The average molecular weight is 1120 g/mol. The first-order chi connectivity index (χ1) is 39.5. The lowest BCUT2D eigenvalue weighted by Gasteiger charge is -2.18. The minimum Gasteiger partial charge on any atom is -0.462 e. The van der Waals surface area contributed by atoms with Crippen molar-refractivity contribution in [3.63, 3.8) is 0 Å². The van der Waals surface area contributed by atoms with Crippen LogP contribution in [0.3, 0.4) is 0 Å². The van der Waals surface area contributed by atoms with E-state index < -0.39 is 6.10 Å². The van der Waals surface area contributed by atoms with Crippen molar-refractivity contribution in [1.82, 2.24) is 0 Å². The monoisotopic (exact) mass is 1120 g/mol. The maximum absolute atomic E-state index is 12.9. The van der Waals surface area contributed by atoms with Crippen LogP contribution in [0.15, 0.2) is 72.9 Å². The van der Waals surface area contributed by atoms with Crippen molar-refractivity contribution in [2.45, 2.75) is 367 Å². The quantitative estimate of drug-likeness (QED) is 0.0261. The number of carbonyl (C=O) groups is 3. The van der Waals surface area contributed by atoms with Gasteiger partial charge in [-0.05, 0) is 89.9 Å². The molecule has 0 saturated carbocycles. The molecule has 0 bridgehead atoms. The third-order valence-electron chi connectivity index (χ3n) is 15.4. The summed E-state index contributed by atoms with van der Waals surface area (Å²) >= 11 is 0. The third-order valence-corrected chi connectivity index (χ3v) is 15.4. The molecule has 0 N–H and O–H groups in total. The van der Waals surface area contributed by atoms with E-state index in [4.69, 9.17) is 14.2 Å². The number of carbonyl (C=O) groups excluding carboxylic acids is 3. The Morgan fingerprint density at radius 1 is 0.263 bits per heavy atom. The van der Waals surface area contributed by atoms with Crippen molar-refractivity contribution in [2.24, 2.45) is 0 Å². The minimum atomic E-state index is -0.785. The summed E-state index contributed by atoms with van der Waals surface area (Å²) in [5, 5.41) is 0. The van der Waals surface area contributed by atoms with Gasteiger partial charge in [0.25, 0.3) is 0 Å². The van der Waals surface area contributed by atoms with Gasteiger partial charge in [0, 0.05) is 19.3 Å². The summed E-state index contributed by atoms with van der Waals surface area (Å²) in [6.45, 7) is 6.56. The zero-order valence-corrected chi connectivity index (χ0v) is 53.3. The lowest BCUT2D eigenvalue weighted by atomic mass is 10.0. The van der Waals surface area contributed by atoms with Gasteiger partial charge in [-0.2, -0.15) is 0 Å². The molecule has 6 heteroatoms. The predicted octanol–water partition coefficient (Wildman–Crippen LogP) is 24.1. The molecule has 464 valence electrons. The highest BCUT2D eigenvalue weighted by Crippen LogP contribution is 2.18. The van der Waals surface area contributed by atoms with Gasteiger partial charge in [0.2, 0.25) is 0 Å². The van der Waals surface area contributed by atoms with Crippen LogP contribution in [0, 0.1) is 0 Å². The van der Waals surface area contributed by atoms with Crippen molar-refractivity contribution in [3.8, 4) is 0 Å². The number of rotatable bonds is 64. The minimum absolute atomic E-state index is 0.0794. The molecular weight excluding hydrogens is 985 g/mol. The molecule has 0 rings (SSSR count). The predicted molar refractivity (Wildman–Crippen MR) is 348 cm³/mol. The Morgan fingerprint density at radius 2 is 0.487 bits per heavy atom. The molecule has 0 spiro atoms. The van der Waals surface area contributed by atoms with E-state index in [1.807, 2.05) is 0 Å².